The van der Waals surface area contributed by atoms with E-state index in [1.807, 2.05) is 0 Å². The normalized spacial score (nSPS) is 16.7. The Morgan fingerprint density at radius 3 is 2.47 bits per heavy atom. The highest BCUT2D eigenvalue weighted by molar-refractivity contribution is 9.25. The molecule has 0 radical (unpaired) electrons. The van der Waals surface area contributed by atoms with Crippen molar-refractivity contribution >= 4 is 62.9 Å². The second-order valence-electron chi connectivity index (χ2n) is 2.56. The van der Waals surface area contributed by atoms with Crippen LogP contribution in [-0.2, 0) is 13.6 Å². The summed E-state index contributed by atoms with van der Waals surface area (Å²) >= 11 is 17.0. The molecule has 0 aliphatic rings. The van der Waals surface area contributed by atoms with Crippen molar-refractivity contribution in [2.75, 3.05) is 6.61 Å². The van der Waals surface area contributed by atoms with E-state index in [1.165, 1.54) is 0 Å². The number of hydrogen-bond donors (Lipinski definition) is 1. The van der Waals surface area contributed by atoms with E-state index in [1.54, 1.807) is 6.92 Å². The van der Waals surface area contributed by atoms with Crippen LogP contribution in [0.4, 0.5) is 0 Å². The Kier molecular flexibility index (Phi) is 7.95. The molecule has 1 atom stereocenters. The van der Waals surface area contributed by atoms with E-state index in [0.717, 1.165) is 0 Å². The molecule has 0 bridgehead atoms. The van der Waals surface area contributed by atoms with Crippen molar-refractivity contribution in [1.29, 1.82) is 0 Å². The van der Waals surface area contributed by atoms with E-state index in [0.29, 0.717) is 6.42 Å². The lowest BCUT2D eigenvalue weighted by Crippen LogP contribution is -2.14. The Labute approximate surface area is 115 Å². The van der Waals surface area contributed by atoms with Gasteiger partial charge < -0.3 is 4.89 Å². The molecule has 1 N–H and O–H groups in total. The predicted molar refractivity (Wildman–Crippen MR) is 67.8 cm³/mol. The fraction of sp³-hybridized carbons (Fsp3) is 1.00. The standard InChI is InChI=1S/C6H11Br2Cl2O4P/c1-2-6(7,8)14-15(11,12)13-4-3-5(9)10/h5H,2-4H2,1H3,(H,11,12). The topological polar surface area (TPSA) is 55.8 Å². The van der Waals surface area contributed by atoms with Crippen molar-refractivity contribution in [3.63, 3.8) is 0 Å². The zero-order valence-corrected chi connectivity index (χ0v) is 13.4. The van der Waals surface area contributed by atoms with Crippen LogP contribution in [0.15, 0.2) is 0 Å². The van der Waals surface area contributed by atoms with Gasteiger partial charge in [0.1, 0.15) is 4.84 Å². The molecule has 4 nitrogen and oxygen atoms in total. The number of hydrogen-bond acceptors (Lipinski definition) is 3. The Balaban J connectivity index is 4.03. The zero-order valence-electron chi connectivity index (χ0n) is 7.83. The van der Waals surface area contributed by atoms with Crippen LogP contribution in [-0.4, -0.2) is 19.8 Å². The molecule has 15 heavy (non-hydrogen) atoms. The molecule has 0 aromatic rings. The van der Waals surface area contributed by atoms with Crippen molar-refractivity contribution in [3.05, 3.63) is 0 Å². The van der Waals surface area contributed by atoms with Crippen molar-refractivity contribution in [1.82, 2.24) is 0 Å². The smallest absolute Gasteiger partial charge is 0.302 e. The first-order chi connectivity index (χ1) is 6.68. The van der Waals surface area contributed by atoms with Gasteiger partial charge >= 0.3 is 7.82 Å². The van der Waals surface area contributed by atoms with E-state index in [4.69, 9.17) is 27.7 Å². The molecular weight excluding hydrogens is 398 g/mol. The van der Waals surface area contributed by atoms with Crippen molar-refractivity contribution in [3.8, 4) is 0 Å². The minimum absolute atomic E-state index is 0.0504. The summed E-state index contributed by atoms with van der Waals surface area (Å²) in [7, 11) is -4.10. The van der Waals surface area contributed by atoms with Gasteiger partial charge in [0.15, 0.2) is 3.42 Å². The number of halogens is 4. The molecule has 0 aliphatic heterocycles. The van der Waals surface area contributed by atoms with Crippen LogP contribution < -0.4 is 0 Å². The van der Waals surface area contributed by atoms with Crippen LogP contribution in [0.25, 0.3) is 0 Å². The van der Waals surface area contributed by atoms with Gasteiger partial charge in [-0.15, -0.1) is 23.2 Å². The minimum Gasteiger partial charge on any atom is -0.302 e. The molecule has 0 spiro atoms. The molecule has 0 rings (SSSR count). The van der Waals surface area contributed by atoms with Gasteiger partial charge in [0, 0.05) is 6.42 Å². The van der Waals surface area contributed by atoms with E-state index in [9.17, 15) is 9.46 Å². The second kappa shape index (κ2) is 7.17. The van der Waals surface area contributed by atoms with Crippen molar-refractivity contribution in [2.24, 2.45) is 0 Å². The van der Waals surface area contributed by atoms with E-state index >= 15 is 0 Å². The number of phosphoric ester groups is 1. The maximum atomic E-state index is 11.3. The molecule has 0 aliphatic carbocycles. The molecule has 92 valence electrons. The lowest BCUT2D eigenvalue weighted by Gasteiger charge is -2.22. The van der Waals surface area contributed by atoms with Crippen LogP contribution in [0, 0.1) is 0 Å². The van der Waals surface area contributed by atoms with Crippen LogP contribution >= 0.6 is 62.9 Å². The minimum atomic E-state index is -4.10. The highest BCUT2D eigenvalue weighted by Gasteiger charge is 2.33. The second-order valence-corrected chi connectivity index (χ2v) is 8.84. The lowest BCUT2D eigenvalue weighted by atomic mass is 10.5. The van der Waals surface area contributed by atoms with Crippen LogP contribution in [0.2, 0.25) is 0 Å². The third kappa shape index (κ3) is 9.36. The molecule has 0 amide bonds. The summed E-state index contributed by atoms with van der Waals surface area (Å²) in [5.41, 5.74) is 0. The summed E-state index contributed by atoms with van der Waals surface area (Å²) in [6.45, 7) is 1.71. The zero-order chi connectivity index (χ0) is 12.1. The highest BCUT2D eigenvalue weighted by atomic mass is 79.9. The van der Waals surface area contributed by atoms with Gasteiger partial charge in [-0.25, -0.2) is 4.57 Å². The summed E-state index contributed by atoms with van der Waals surface area (Å²) in [5.74, 6) is 0. The summed E-state index contributed by atoms with van der Waals surface area (Å²) in [5, 5.41) is 0. The average molecular weight is 409 g/mol. The quantitative estimate of drug-likeness (QED) is 0.507. The molecule has 9 heteroatoms. The molecule has 0 aromatic heterocycles. The number of rotatable bonds is 7. The van der Waals surface area contributed by atoms with Gasteiger partial charge in [-0.05, 0) is 38.3 Å². The van der Waals surface area contributed by atoms with Gasteiger partial charge in [-0.1, -0.05) is 6.92 Å². The first-order valence-electron chi connectivity index (χ1n) is 4.02. The molecule has 0 fully saturated rings. The highest BCUT2D eigenvalue weighted by Crippen LogP contribution is 2.52. The van der Waals surface area contributed by atoms with Gasteiger partial charge in [0.2, 0.25) is 0 Å². The molecule has 0 heterocycles. The van der Waals surface area contributed by atoms with Crippen molar-refractivity contribution in [2.45, 2.75) is 28.0 Å². The van der Waals surface area contributed by atoms with E-state index in [-0.39, 0.29) is 13.0 Å². The SMILES string of the molecule is CCC(Br)(Br)OP(=O)(O)OCCC(Cl)Cl. The number of phosphoric acid groups is 1. The summed E-state index contributed by atoms with van der Waals surface area (Å²) in [6.07, 6.45) is 0.690. The monoisotopic (exact) mass is 406 g/mol. The Hall–Kier alpha value is 1.65. The predicted octanol–water partition coefficient (Wildman–Crippen LogP) is 4.17. The van der Waals surface area contributed by atoms with Gasteiger partial charge in [-0.2, -0.15) is 0 Å². The van der Waals surface area contributed by atoms with Gasteiger partial charge in [0.05, 0.1) is 6.61 Å². The lowest BCUT2D eigenvalue weighted by molar-refractivity contribution is 0.130. The maximum Gasteiger partial charge on any atom is 0.474 e. The summed E-state index contributed by atoms with van der Waals surface area (Å²) < 4.78 is 19.7. The largest absolute Gasteiger partial charge is 0.474 e. The van der Waals surface area contributed by atoms with Crippen LogP contribution in [0.1, 0.15) is 19.8 Å². The summed E-state index contributed by atoms with van der Waals surface area (Å²) in [4.78, 5) is 8.63. The van der Waals surface area contributed by atoms with E-state index in [2.05, 4.69) is 36.4 Å². The van der Waals surface area contributed by atoms with Gasteiger partial charge in [-0.3, -0.25) is 9.05 Å². The Morgan fingerprint density at radius 2 is 2.07 bits per heavy atom. The third-order valence-corrected chi connectivity index (χ3v) is 4.68. The number of alkyl halides is 4. The average Bonchev–Trinajstić information content (AvgIpc) is 2.01. The van der Waals surface area contributed by atoms with Crippen LogP contribution in [0.5, 0.6) is 0 Å². The third-order valence-electron chi connectivity index (χ3n) is 1.25. The molecule has 0 saturated heterocycles. The Bertz CT molecular complexity index is 239. The van der Waals surface area contributed by atoms with Crippen molar-refractivity contribution < 1.29 is 18.5 Å². The van der Waals surface area contributed by atoms with E-state index < -0.39 is 16.1 Å². The van der Waals surface area contributed by atoms with Crippen LogP contribution in [0.3, 0.4) is 0 Å². The fourth-order valence-corrected chi connectivity index (χ4v) is 2.65. The maximum absolute atomic E-state index is 11.3. The molecule has 0 aromatic carbocycles. The fourth-order valence-electron chi connectivity index (χ4n) is 0.517. The first-order valence-corrected chi connectivity index (χ1v) is 7.98. The summed E-state index contributed by atoms with van der Waals surface area (Å²) in [6, 6.07) is 0. The molecular formula is C6H11Br2Cl2O4P. The molecule has 0 saturated carbocycles. The van der Waals surface area contributed by atoms with Gasteiger partial charge in [0.25, 0.3) is 0 Å². The first kappa shape index (κ1) is 16.6. The Morgan fingerprint density at radius 1 is 1.53 bits per heavy atom. The molecule has 1 unspecified atom stereocenters.